The van der Waals surface area contributed by atoms with Crippen LogP contribution in [0.15, 0.2) is 5.38 Å². The minimum Gasteiger partial charge on any atom is -0.337 e. The third kappa shape index (κ3) is 3.34. The molecule has 5 nitrogen and oxygen atoms in total. The van der Waals surface area contributed by atoms with Gasteiger partial charge in [0.1, 0.15) is 0 Å². The van der Waals surface area contributed by atoms with Gasteiger partial charge in [0, 0.05) is 42.5 Å². The Morgan fingerprint density at radius 2 is 2.20 bits per heavy atom. The zero-order chi connectivity index (χ0) is 17.4. The van der Waals surface area contributed by atoms with Gasteiger partial charge in [0.25, 0.3) is 5.91 Å². The molecule has 6 heteroatoms. The first kappa shape index (κ1) is 17.0. The molecule has 1 aromatic rings. The van der Waals surface area contributed by atoms with E-state index in [1.54, 1.807) is 11.3 Å². The number of piperazine rings is 1. The van der Waals surface area contributed by atoms with Crippen molar-refractivity contribution in [2.45, 2.75) is 45.1 Å². The van der Waals surface area contributed by atoms with Crippen LogP contribution in [-0.4, -0.2) is 60.4 Å². The Morgan fingerprint density at radius 1 is 1.32 bits per heavy atom. The van der Waals surface area contributed by atoms with Gasteiger partial charge in [-0.3, -0.25) is 9.59 Å². The second kappa shape index (κ2) is 7.08. The molecule has 25 heavy (non-hydrogen) atoms. The molecule has 1 N–H and O–H groups in total. The number of piperidine rings is 1. The molecule has 2 fully saturated rings. The zero-order valence-corrected chi connectivity index (χ0v) is 15.7. The molecule has 0 saturated carbocycles. The molecule has 0 aromatic carbocycles. The second-order valence-electron chi connectivity index (χ2n) is 7.71. The molecule has 2 amide bonds. The summed E-state index contributed by atoms with van der Waals surface area (Å²) < 4.78 is 0. The van der Waals surface area contributed by atoms with E-state index >= 15 is 0 Å². The molecular weight excluding hydrogens is 334 g/mol. The highest BCUT2D eigenvalue weighted by atomic mass is 32.1. The lowest BCUT2D eigenvalue weighted by molar-refractivity contribution is -0.135. The van der Waals surface area contributed by atoms with Gasteiger partial charge in [-0.15, -0.1) is 11.3 Å². The van der Waals surface area contributed by atoms with E-state index in [-0.39, 0.29) is 17.9 Å². The predicted molar refractivity (Wildman–Crippen MR) is 99.0 cm³/mol. The molecule has 3 aliphatic rings. The van der Waals surface area contributed by atoms with Crippen LogP contribution in [0, 0.1) is 5.92 Å². The van der Waals surface area contributed by atoms with E-state index in [2.05, 4.69) is 17.6 Å². The number of carbonyl (C=O) groups excluding carboxylic acids is 2. The maximum Gasteiger partial charge on any atom is 0.255 e. The molecule has 4 rings (SSSR count). The van der Waals surface area contributed by atoms with Crippen molar-refractivity contribution in [1.29, 1.82) is 0 Å². The number of carbonyl (C=O) groups is 2. The van der Waals surface area contributed by atoms with Gasteiger partial charge < -0.3 is 15.1 Å². The molecule has 1 aromatic heterocycles. The number of hydrogen-bond donors (Lipinski definition) is 1. The highest BCUT2D eigenvalue weighted by Crippen LogP contribution is 2.34. The summed E-state index contributed by atoms with van der Waals surface area (Å²) in [5, 5.41) is 5.20. The Labute approximate surface area is 153 Å². The number of likely N-dealkylation sites (tertiary alicyclic amines) is 1. The van der Waals surface area contributed by atoms with Gasteiger partial charge in [0.2, 0.25) is 5.91 Å². The standard InChI is InChI=1S/C19H27N3O2S/c1-13-4-5-15-16(12-25-17(15)9-13)19(24)21-7-2-3-14(11-21)22-8-6-20-10-18(22)23/h12-14,20H,2-11H2,1H3. The number of hydrogen-bond acceptors (Lipinski definition) is 4. The van der Waals surface area contributed by atoms with Crippen LogP contribution in [0.4, 0.5) is 0 Å². The molecular formula is C19H27N3O2S. The van der Waals surface area contributed by atoms with Gasteiger partial charge in [-0.05, 0) is 43.6 Å². The monoisotopic (exact) mass is 361 g/mol. The summed E-state index contributed by atoms with van der Waals surface area (Å²) in [4.78, 5) is 30.7. The van der Waals surface area contributed by atoms with E-state index in [0.29, 0.717) is 13.1 Å². The van der Waals surface area contributed by atoms with E-state index in [9.17, 15) is 9.59 Å². The Kier molecular flexibility index (Phi) is 4.82. The van der Waals surface area contributed by atoms with Crippen molar-refractivity contribution in [3.63, 3.8) is 0 Å². The molecule has 3 heterocycles. The molecule has 0 radical (unpaired) electrons. The first-order chi connectivity index (χ1) is 12.1. The van der Waals surface area contributed by atoms with Crippen molar-refractivity contribution in [3.8, 4) is 0 Å². The number of amides is 2. The van der Waals surface area contributed by atoms with E-state index in [1.807, 2.05) is 9.80 Å². The van der Waals surface area contributed by atoms with Gasteiger partial charge in [-0.1, -0.05) is 6.92 Å². The Balaban J connectivity index is 1.48. The third-order valence-corrected chi connectivity index (χ3v) is 6.93. The SMILES string of the molecule is CC1CCc2c(C(=O)N3CCCC(N4CCNCC4=O)C3)csc2C1. The normalized spacial score (nSPS) is 27.3. The fourth-order valence-electron chi connectivity index (χ4n) is 4.43. The third-order valence-electron chi connectivity index (χ3n) is 5.88. The fraction of sp³-hybridized carbons (Fsp3) is 0.684. The van der Waals surface area contributed by atoms with E-state index in [4.69, 9.17) is 0 Å². The van der Waals surface area contributed by atoms with E-state index < -0.39 is 0 Å². The van der Waals surface area contributed by atoms with Crippen LogP contribution in [-0.2, 0) is 17.6 Å². The zero-order valence-electron chi connectivity index (χ0n) is 14.9. The number of nitrogens with zero attached hydrogens (tertiary/aromatic N) is 2. The maximum atomic E-state index is 13.1. The first-order valence-corrected chi connectivity index (χ1v) is 10.4. The Bertz CT molecular complexity index is 672. The maximum absolute atomic E-state index is 13.1. The van der Waals surface area contributed by atoms with E-state index in [0.717, 1.165) is 56.8 Å². The molecule has 2 unspecified atom stereocenters. The fourth-order valence-corrected chi connectivity index (χ4v) is 5.67. The van der Waals surface area contributed by atoms with Crippen LogP contribution >= 0.6 is 11.3 Å². The summed E-state index contributed by atoms with van der Waals surface area (Å²) in [7, 11) is 0. The van der Waals surface area contributed by atoms with Crippen molar-refractivity contribution in [1.82, 2.24) is 15.1 Å². The van der Waals surface area contributed by atoms with Crippen LogP contribution in [0.5, 0.6) is 0 Å². The topological polar surface area (TPSA) is 52.7 Å². The number of fused-ring (bicyclic) bond motifs is 1. The molecule has 136 valence electrons. The second-order valence-corrected chi connectivity index (χ2v) is 8.67. The van der Waals surface area contributed by atoms with E-state index in [1.165, 1.54) is 16.9 Å². The van der Waals surface area contributed by atoms with Gasteiger partial charge in [0.05, 0.1) is 12.1 Å². The van der Waals surface area contributed by atoms with Crippen molar-refractivity contribution in [2.75, 3.05) is 32.7 Å². The summed E-state index contributed by atoms with van der Waals surface area (Å²) >= 11 is 1.76. The van der Waals surface area contributed by atoms with Gasteiger partial charge in [-0.2, -0.15) is 0 Å². The molecule has 2 aliphatic heterocycles. The largest absolute Gasteiger partial charge is 0.337 e. The first-order valence-electron chi connectivity index (χ1n) is 9.52. The molecule has 1 aliphatic carbocycles. The lowest BCUT2D eigenvalue weighted by Crippen LogP contribution is -2.57. The van der Waals surface area contributed by atoms with Crippen LogP contribution in [0.1, 0.15) is 47.0 Å². The number of rotatable bonds is 2. The van der Waals surface area contributed by atoms with Crippen molar-refractivity contribution >= 4 is 23.2 Å². The predicted octanol–water partition coefficient (Wildman–Crippen LogP) is 1.91. The van der Waals surface area contributed by atoms with Crippen LogP contribution < -0.4 is 5.32 Å². The van der Waals surface area contributed by atoms with Gasteiger partial charge in [0.15, 0.2) is 0 Å². The number of nitrogens with one attached hydrogen (secondary N) is 1. The summed E-state index contributed by atoms with van der Waals surface area (Å²) in [6, 6.07) is 0.182. The average molecular weight is 362 g/mol. The number of thiophene rings is 1. The minimum atomic E-state index is 0.174. The Hall–Kier alpha value is -1.40. The molecule has 0 bridgehead atoms. The van der Waals surface area contributed by atoms with Crippen molar-refractivity contribution in [2.24, 2.45) is 5.92 Å². The highest BCUT2D eigenvalue weighted by Gasteiger charge is 2.33. The van der Waals surface area contributed by atoms with Crippen LogP contribution in [0.25, 0.3) is 0 Å². The summed E-state index contributed by atoms with van der Waals surface area (Å²) in [6.45, 7) is 5.84. The summed E-state index contributed by atoms with van der Waals surface area (Å²) in [5.74, 6) is 1.08. The van der Waals surface area contributed by atoms with Crippen LogP contribution in [0.2, 0.25) is 0 Å². The summed E-state index contributed by atoms with van der Waals surface area (Å²) in [6.07, 6.45) is 5.33. The average Bonchev–Trinajstić information content (AvgIpc) is 3.04. The Morgan fingerprint density at radius 3 is 3.04 bits per heavy atom. The van der Waals surface area contributed by atoms with Crippen molar-refractivity contribution < 1.29 is 9.59 Å². The van der Waals surface area contributed by atoms with Crippen LogP contribution in [0.3, 0.4) is 0 Å². The van der Waals surface area contributed by atoms with Gasteiger partial charge in [-0.25, -0.2) is 0 Å². The van der Waals surface area contributed by atoms with Gasteiger partial charge >= 0.3 is 0 Å². The molecule has 2 atom stereocenters. The quantitative estimate of drug-likeness (QED) is 0.875. The summed E-state index contributed by atoms with van der Waals surface area (Å²) in [5.41, 5.74) is 2.23. The highest BCUT2D eigenvalue weighted by molar-refractivity contribution is 7.10. The van der Waals surface area contributed by atoms with Crippen molar-refractivity contribution in [3.05, 3.63) is 21.4 Å². The molecule has 0 spiro atoms. The lowest BCUT2D eigenvalue weighted by Gasteiger charge is -2.41. The lowest BCUT2D eigenvalue weighted by atomic mass is 9.88. The molecule has 2 saturated heterocycles. The minimum absolute atomic E-state index is 0.174. The smallest absolute Gasteiger partial charge is 0.255 e.